The lowest BCUT2D eigenvalue weighted by Gasteiger charge is -2.13. The number of fused-ring (bicyclic) bond motifs is 1. The molecule has 0 aliphatic rings. The van der Waals surface area contributed by atoms with Gasteiger partial charge in [0.05, 0.1) is 28.3 Å². The van der Waals surface area contributed by atoms with Gasteiger partial charge in [0.25, 0.3) is 0 Å². The fourth-order valence-electron chi connectivity index (χ4n) is 2.59. The van der Waals surface area contributed by atoms with E-state index in [1.165, 1.54) is 12.3 Å². The molecule has 0 aliphatic carbocycles. The van der Waals surface area contributed by atoms with Crippen LogP contribution >= 0.6 is 11.6 Å². The number of pyridine rings is 1. The fraction of sp³-hybridized carbons (Fsp3) is 0.158. The molecule has 4 nitrogen and oxygen atoms in total. The number of carbonyl (C=O) groups excluding carboxylic acids is 1. The van der Waals surface area contributed by atoms with Gasteiger partial charge in [-0.2, -0.15) is 13.2 Å². The number of anilines is 2. The van der Waals surface area contributed by atoms with Crippen molar-refractivity contribution < 1.29 is 22.7 Å². The minimum atomic E-state index is -4.57. The van der Waals surface area contributed by atoms with E-state index in [0.29, 0.717) is 22.3 Å². The first-order valence-corrected chi connectivity index (χ1v) is 8.37. The third kappa shape index (κ3) is 4.14. The highest BCUT2D eigenvalue weighted by Gasteiger charge is 2.33. The molecule has 1 heterocycles. The van der Waals surface area contributed by atoms with Gasteiger partial charge in [-0.25, -0.2) is 4.79 Å². The van der Waals surface area contributed by atoms with Crippen molar-refractivity contribution in [2.24, 2.45) is 0 Å². The van der Waals surface area contributed by atoms with E-state index in [2.05, 4.69) is 10.3 Å². The lowest BCUT2D eigenvalue weighted by atomic mass is 10.1. The van der Waals surface area contributed by atoms with E-state index in [1.807, 2.05) is 0 Å². The second-order valence-corrected chi connectivity index (χ2v) is 6.04. The molecule has 0 amide bonds. The average Bonchev–Trinajstić information content (AvgIpc) is 2.61. The number of benzene rings is 2. The van der Waals surface area contributed by atoms with Crippen molar-refractivity contribution in [3.05, 3.63) is 64.8 Å². The molecule has 0 saturated heterocycles. The van der Waals surface area contributed by atoms with Crippen LogP contribution in [0.25, 0.3) is 10.9 Å². The molecular formula is C19H14ClF3N2O2. The van der Waals surface area contributed by atoms with Gasteiger partial charge in [0.15, 0.2) is 0 Å². The monoisotopic (exact) mass is 394 g/mol. The van der Waals surface area contributed by atoms with Crippen LogP contribution in [-0.4, -0.2) is 17.6 Å². The largest absolute Gasteiger partial charge is 0.462 e. The molecule has 0 bridgehead atoms. The van der Waals surface area contributed by atoms with Crippen molar-refractivity contribution in [1.29, 1.82) is 0 Å². The third-order valence-electron chi connectivity index (χ3n) is 3.79. The Hall–Kier alpha value is -2.80. The van der Waals surface area contributed by atoms with E-state index in [9.17, 15) is 18.0 Å². The molecule has 27 heavy (non-hydrogen) atoms. The lowest BCUT2D eigenvalue weighted by molar-refractivity contribution is -0.137. The predicted octanol–water partition coefficient (Wildman–Crippen LogP) is 5.83. The van der Waals surface area contributed by atoms with Crippen LogP contribution in [0, 0.1) is 0 Å². The maximum atomic E-state index is 13.0. The molecular weight excluding hydrogens is 381 g/mol. The third-order valence-corrected chi connectivity index (χ3v) is 4.10. The zero-order valence-electron chi connectivity index (χ0n) is 14.1. The van der Waals surface area contributed by atoms with Gasteiger partial charge < -0.3 is 10.1 Å². The van der Waals surface area contributed by atoms with Crippen molar-refractivity contribution >= 4 is 39.8 Å². The summed E-state index contributed by atoms with van der Waals surface area (Å²) in [7, 11) is 0. The number of aromatic nitrogens is 1. The molecule has 0 radical (unpaired) electrons. The topological polar surface area (TPSA) is 51.2 Å². The number of rotatable bonds is 4. The Morgan fingerprint density at radius 2 is 2.00 bits per heavy atom. The van der Waals surface area contributed by atoms with Crippen LogP contribution in [-0.2, 0) is 10.9 Å². The van der Waals surface area contributed by atoms with Gasteiger partial charge in [-0.3, -0.25) is 4.98 Å². The highest BCUT2D eigenvalue weighted by atomic mass is 35.5. The van der Waals surface area contributed by atoms with Crippen LogP contribution in [0.5, 0.6) is 0 Å². The lowest BCUT2D eigenvalue weighted by Crippen LogP contribution is -2.06. The van der Waals surface area contributed by atoms with Gasteiger partial charge in [0.1, 0.15) is 0 Å². The van der Waals surface area contributed by atoms with Crippen molar-refractivity contribution in [2.45, 2.75) is 13.1 Å². The molecule has 0 spiro atoms. The summed E-state index contributed by atoms with van der Waals surface area (Å²) in [6.45, 7) is 1.97. The summed E-state index contributed by atoms with van der Waals surface area (Å²) in [6.07, 6.45) is -3.17. The molecule has 0 unspecified atom stereocenters. The molecule has 2 aromatic carbocycles. The Morgan fingerprint density at radius 1 is 1.22 bits per heavy atom. The summed E-state index contributed by atoms with van der Waals surface area (Å²) in [6, 6.07) is 10.4. The summed E-state index contributed by atoms with van der Waals surface area (Å²) in [5.41, 5.74) is 0.655. The zero-order valence-corrected chi connectivity index (χ0v) is 14.9. The number of esters is 1. The number of nitrogens with one attached hydrogen (secondary N) is 1. The van der Waals surface area contributed by atoms with Gasteiger partial charge in [0, 0.05) is 23.0 Å². The maximum absolute atomic E-state index is 13.0. The van der Waals surface area contributed by atoms with E-state index in [-0.39, 0.29) is 12.1 Å². The molecule has 0 aliphatic heterocycles. The van der Waals surface area contributed by atoms with Crippen LogP contribution in [0.1, 0.15) is 22.8 Å². The van der Waals surface area contributed by atoms with E-state index in [1.54, 1.807) is 37.3 Å². The van der Waals surface area contributed by atoms with Gasteiger partial charge in [0.2, 0.25) is 0 Å². The molecule has 3 aromatic rings. The highest BCUT2D eigenvalue weighted by Crippen LogP contribution is 2.38. The van der Waals surface area contributed by atoms with Crippen LogP contribution in [0.3, 0.4) is 0 Å². The number of ether oxygens (including phenoxy) is 1. The molecule has 3 rings (SSSR count). The summed E-state index contributed by atoms with van der Waals surface area (Å²) in [4.78, 5) is 15.8. The predicted molar refractivity (Wildman–Crippen MR) is 97.4 cm³/mol. The first-order valence-electron chi connectivity index (χ1n) is 7.99. The number of hydrogen-bond donors (Lipinski definition) is 1. The second-order valence-electron chi connectivity index (χ2n) is 5.63. The number of nitrogens with zero attached hydrogens (tertiary/aromatic N) is 1. The Labute approximate surface area is 157 Å². The van der Waals surface area contributed by atoms with Crippen LogP contribution in [0.2, 0.25) is 5.02 Å². The van der Waals surface area contributed by atoms with Gasteiger partial charge in [-0.15, -0.1) is 0 Å². The molecule has 0 fully saturated rings. The minimum absolute atomic E-state index is 0.151. The molecule has 0 saturated carbocycles. The van der Waals surface area contributed by atoms with Crippen LogP contribution in [0.15, 0.2) is 48.7 Å². The van der Waals surface area contributed by atoms with Gasteiger partial charge in [-0.1, -0.05) is 17.7 Å². The number of halogens is 4. The minimum Gasteiger partial charge on any atom is -0.462 e. The Bertz CT molecular complexity index is 1010. The quantitative estimate of drug-likeness (QED) is 0.566. The first-order chi connectivity index (χ1) is 12.8. The summed E-state index contributed by atoms with van der Waals surface area (Å²) >= 11 is 5.83. The number of carbonyl (C=O) groups is 1. The molecule has 1 N–H and O–H groups in total. The Balaban J connectivity index is 2.00. The average molecular weight is 395 g/mol. The van der Waals surface area contributed by atoms with E-state index in [4.69, 9.17) is 16.3 Å². The van der Waals surface area contributed by atoms with Crippen molar-refractivity contribution in [3.8, 4) is 0 Å². The van der Waals surface area contributed by atoms with Crippen molar-refractivity contribution in [3.63, 3.8) is 0 Å². The molecule has 1 aromatic heterocycles. The van der Waals surface area contributed by atoms with E-state index < -0.39 is 22.7 Å². The van der Waals surface area contributed by atoms with E-state index in [0.717, 1.165) is 6.07 Å². The van der Waals surface area contributed by atoms with Gasteiger partial charge >= 0.3 is 12.1 Å². The van der Waals surface area contributed by atoms with Crippen molar-refractivity contribution in [1.82, 2.24) is 4.98 Å². The Kier molecular flexibility index (Phi) is 5.23. The SMILES string of the molecule is CCOC(=O)c1cccc(Nc2ccnc3cc(C(F)(F)F)c(Cl)cc23)c1. The smallest absolute Gasteiger partial charge is 0.417 e. The van der Waals surface area contributed by atoms with E-state index >= 15 is 0 Å². The second kappa shape index (κ2) is 7.44. The summed E-state index contributed by atoms with van der Waals surface area (Å²) in [5, 5.41) is 3.10. The van der Waals surface area contributed by atoms with Crippen molar-refractivity contribution in [2.75, 3.05) is 11.9 Å². The summed E-state index contributed by atoms with van der Waals surface area (Å²) < 4.78 is 44.1. The fourth-order valence-corrected chi connectivity index (χ4v) is 2.86. The van der Waals surface area contributed by atoms with Crippen LogP contribution < -0.4 is 5.32 Å². The van der Waals surface area contributed by atoms with Gasteiger partial charge in [-0.05, 0) is 43.3 Å². The molecule has 0 atom stereocenters. The first kappa shape index (κ1) is 19.0. The normalized spacial score (nSPS) is 11.4. The highest BCUT2D eigenvalue weighted by molar-refractivity contribution is 6.32. The molecule has 8 heteroatoms. The van der Waals surface area contributed by atoms with Crippen LogP contribution in [0.4, 0.5) is 24.5 Å². The molecule has 140 valence electrons. The maximum Gasteiger partial charge on any atom is 0.417 e. The summed E-state index contributed by atoms with van der Waals surface area (Å²) in [5.74, 6) is -0.460. The Morgan fingerprint density at radius 3 is 2.70 bits per heavy atom. The zero-order chi connectivity index (χ0) is 19.6. The standard InChI is InChI=1S/C19H14ClF3N2O2/c1-2-27-18(26)11-4-3-5-12(8-11)25-16-6-7-24-17-10-14(19(21,22)23)15(20)9-13(16)17/h3-10H,2H2,1H3,(H,24,25). The number of hydrogen-bond acceptors (Lipinski definition) is 4. The number of alkyl halides is 3.